The zero-order chi connectivity index (χ0) is 22.1. The van der Waals surface area contributed by atoms with Gasteiger partial charge in [0.05, 0.1) is 17.6 Å². The maximum atomic E-state index is 12.9. The van der Waals surface area contributed by atoms with E-state index in [2.05, 4.69) is 27.8 Å². The van der Waals surface area contributed by atoms with Gasteiger partial charge in [-0.05, 0) is 85.7 Å². The van der Waals surface area contributed by atoms with E-state index in [0.29, 0.717) is 20.4 Å². The van der Waals surface area contributed by atoms with E-state index >= 15 is 0 Å². The Morgan fingerprint density at radius 3 is 2.53 bits per heavy atom. The third-order valence-electron chi connectivity index (χ3n) is 7.31. The van der Waals surface area contributed by atoms with Crippen molar-refractivity contribution in [1.82, 2.24) is 9.62 Å². The van der Waals surface area contributed by atoms with Crippen LogP contribution in [0.3, 0.4) is 0 Å². The molecule has 1 saturated heterocycles. The Labute approximate surface area is 200 Å². The predicted molar refractivity (Wildman–Crippen MR) is 129 cm³/mol. The zero-order valence-corrected chi connectivity index (χ0v) is 20.7. The molecule has 1 aromatic carbocycles. The second kappa shape index (κ2) is 9.72. The Balaban J connectivity index is 1.25. The normalized spacial score (nSPS) is 26.1. The molecule has 5 rings (SSSR count). The molecule has 3 atom stereocenters. The first kappa shape index (κ1) is 22.8. The molecular formula is C24H31ClN2O3S2. The molecule has 174 valence electrons. The first-order valence-electron chi connectivity index (χ1n) is 11.7. The number of nitrogens with one attached hydrogen (secondary N) is 1. The third-order valence-corrected chi connectivity index (χ3v) is 10.5. The average Bonchev–Trinajstić information content (AvgIpc) is 3.33. The number of thiophene rings is 1. The van der Waals surface area contributed by atoms with Gasteiger partial charge in [-0.2, -0.15) is 0 Å². The SMILES string of the molecule is O=S(=O)(NC1C2CCC1Cc1cc(CCCN3CCOCC3)ccc1C2)c1ccc(Cl)s1. The molecule has 3 unspecified atom stereocenters. The number of morpholine rings is 1. The van der Waals surface area contributed by atoms with E-state index in [0.717, 1.165) is 82.7 Å². The van der Waals surface area contributed by atoms with Crippen molar-refractivity contribution in [1.29, 1.82) is 0 Å². The highest BCUT2D eigenvalue weighted by Crippen LogP contribution is 2.41. The molecule has 2 bridgehead atoms. The van der Waals surface area contributed by atoms with Crippen molar-refractivity contribution in [3.63, 3.8) is 0 Å². The summed E-state index contributed by atoms with van der Waals surface area (Å²) >= 11 is 7.10. The molecule has 1 N–H and O–H groups in total. The summed E-state index contributed by atoms with van der Waals surface area (Å²) in [4.78, 5) is 2.49. The van der Waals surface area contributed by atoms with Gasteiger partial charge in [0.2, 0.25) is 10.0 Å². The van der Waals surface area contributed by atoms with Crippen LogP contribution in [0.15, 0.2) is 34.5 Å². The number of nitrogens with zero attached hydrogens (tertiary/aromatic N) is 1. The summed E-state index contributed by atoms with van der Waals surface area (Å²) in [5.41, 5.74) is 4.22. The Morgan fingerprint density at radius 2 is 1.81 bits per heavy atom. The molecule has 1 saturated carbocycles. The quantitative estimate of drug-likeness (QED) is 0.628. The van der Waals surface area contributed by atoms with Crippen LogP contribution in [0, 0.1) is 11.8 Å². The highest BCUT2D eigenvalue weighted by Gasteiger charge is 2.41. The van der Waals surface area contributed by atoms with E-state index in [4.69, 9.17) is 16.3 Å². The largest absolute Gasteiger partial charge is 0.379 e. The predicted octanol–water partition coefficient (Wildman–Crippen LogP) is 4.14. The summed E-state index contributed by atoms with van der Waals surface area (Å²) in [6, 6.07) is 10.2. The van der Waals surface area contributed by atoms with E-state index in [-0.39, 0.29) is 6.04 Å². The topological polar surface area (TPSA) is 58.6 Å². The number of fused-ring (bicyclic) bond motifs is 3. The summed E-state index contributed by atoms with van der Waals surface area (Å²) in [5, 5.41) is 0. The maximum absolute atomic E-state index is 12.9. The minimum Gasteiger partial charge on any atom is -0.379 e. The van der Waals surface area contributed by atoms with Crippen LogP contribution in [0.4, 0.5) is 0 Å². The van der Waals surface area contributed by atoms with Gasteiger partial charge in [0, 0.05) is 19.1 Å². The molecule has 8 heteroatoms. The number of ether oxygens (including phenoxy) is 1. The molecule has 2 fully saturated rings. The Hall–Kier alpha value is -0.960. The van der Waals surface area contributed by atoms with Crippen LogP contribution in [-0.4, -0.2) is 52.2 Å². The van der Waals surface area contributed by atoms with Crippen LogP contribution in [0.5, 0.6) is 0 Å². The standard InChI is InChI=1S/C24H31ClN2O3S2/c25-22-7-8-23(31-22)32(28,29)26-24-19-5-6-20(24)16-21-14-17(3-4-18(21)15-19)2-1-9-27-10-12-30-13-11-27/h3-4,7-8,14,19-20,24,26H,1-2,5-6,9-13,15-16H2. The molecule has 5 nitrogen and oxygen atoms in total. The molecule has 0 radical (unpaired) electrons. The summed E-state index contributed by atoms with van der Waals surface area (Å²) in [5.74, 6) is 0.716. The molecule has 1 aromatic heterocycles. The summed E-state index contributed by atoms with van der Waals surface area (Å²) < 4.78 is 35.2. The smallest absolute Gasteiger partial charge is 0.250 e. The average molecular weight is 495 g/mol. The molecule has 0 amide bonds. The van der Waals surface area contributed by atoms with Crippen LogP contribution in [-0.2, 0) is 34.0 Å². The lowest BCUT2D eigenvalue weighted by atomic mass is 9.91. The van der Waals surface area contributed by atoms with Gasteiger partial charge < -0.3 is 4.74 Å². The Morgan fingerprint density at radius 1 is 1.06 bits per heavy atom. The molecular weight excluding hydrogens is 464 g/mol. The van der Waals surface area contributed by atoms with Gasteiger partial charge in [0.1, 0.15) is 4.21 Å². The number of aryl methyl sites for hydroxylation is 1. The minimum absolute atomic E-state index is 0.00181. The number of sulfonamides is 1. The van der Waals surface area contributed by atoms with Gasteiger partial charge in [-0.15, -0.1) is 11.3 Å². The van der Waals surface area contributed by atoms with E-state index in [1.165, 1.54) is 16.7 Å². The number of benzene rings is 1. The molecule has 2 heterocycles. The summed E-state index contributed by atoms with van der Waals surface area (Å²) in [7, 11) is -3.53. The summed E-state index contributed by atoms with van der Waals surface area (Å²) in [6.07, 6.45) is 6.35. The van der Waals surface area contributed by atoms with E-state index in [1.807, 2.05) is 0 Å². The summed E-state index contributed by atoms with van der Waals surface area (Å²) in [6.45, 7) is 4.92. The zero-order valence-electron chi connectivity index (χ0n) is 18.3. The lowest BCUT2D eigenvalue weighted by Crippen LogP contribution is -2.41. The van der Waals surface area contributed by atoms with Crippen molar-refractivity contribution in [2.24, 2.45) is 11.8 Å². The van der Waals surface area contributed by atoms with Crippen molar-refractivity contribution >= 4 is 33.0 Å². The molecule has 3 aliphatic rings. The van der Waals surface area contributed by atoms with Crippen LogP contribution in [0.1, 0.15) is 36.0 Å². The second-order valence-corrected chi connectivity index (χ2v) is 13.0. The van der Waals surface area contributed by atoms with Crippen molar-refractivity contribution in [2.45, 2.75) is 48.8 Å². The van der Waals surface area contributed by atoms with Gasteiger partial charge in [-0.3, -0.25) is 4.90 Å². The van der Waals surface area contributed by atoms with Gasteiger partial charge in [0.25, 0.3) is 0 Å². The minimum atomic E-state index is -3.53. The maximum Gasteiger partial charge on any atom is 0.250 e. The van der Waals surface area contributed by atoms with Crippen LogP contribution < -0.4 is 4.72 Å². The fraction of sp³-hybridized carbons (Fsp3) is 0.583. The van der Waals surface area contributed by atoms with Crippen LogP contribution in [0.25, 0.3) is 0 Å². The first-order valence-corrected chi connectivity index (χ1v) is 14.3. The number of hydrogen-bond acceptors (Lipinski definition) is 5. The van der Waals surface area contributed by atoms with Crippen molar-refractivity contribution in [2.75, 3.05) is 32.8 Å². The molecule has 2 aromatic rings. The van der Waals surface area contributed by atoms with Crippen LogP contribution in [0.2, 0.25) is 4.34 Å². The first-order chi connectivity index (χ1) is 15.5. The molecule has 1 aliphatic heterocycles. The molecule has 32 heavy (non-hydrogen) atoms. The fourth-order valence-corrected chi connectivity index (χ4v) is 8.50. The molecule has 0 spiro atoms. The number of halogens is 1. The van der Waals surface area contributed by atoms with Crippen molar-refractivity contribution in [3.8, 4) is 0 Å². The van der Waals surface area contributed by atoms with Crippen LogP contribution >= 0.6 is 22.9 Å². The fourth-order valence-electron chi connectivity index (χ4n) is 5.62. The number of hydrogen-bond donors (Lipinski definition) is 1. The van der Waals surface area contributed by atoms with Gasteiger partial charge >= 0.3 is 0 Å². The van der Waals surface area contributed by atoms with E-state index < -0.39 is 10.0 Å². The van der Waals surface area contributed by atoms with Gasteiger partial charge in [-0.25, -0.2) is 13.1 Å². The monoisotopic (exact) mass is 494 g/mol. The van der Waals surface area contributed by atoms with E-state index in [1.54, 1.807) is 12.1 Å². The van der Waals surface area contributed by atoms with E-state index in [9.17, 15) is 8.42 Å². The second-order valence-electron chi connectivity index (χ2n) is 9.37. The Bertz CT molecular complexity index is 1050. The highest BCUT2D eigenvalue weighted by molar-refractivity contribution is 7.91. The third kappa shape index (κ3) is 5.08. The lowest BCUT2D eigenvalue weighted by Gasteiger charge is -2.26. The van der Waals surface area contributed by atoms with Gasteiger partial charge in [-0.1, -0.05) is 29.8 Å². The van der Waals surface area contributed by atoms with Crippen molar-refractivity contribution in [3.05, 3.63) is 51.4 Å². The lowest BCUT2D eigenvalue weighted by molar-refractivity contribution is 0.0374. The highest BCUT2D eigenvalue weighted by atomic mass is 35.5. The van der Waals surface area contributed by atoms with Gasteiger partial charge in [0.15, 0.2) is 0 Å². The molecule has 2 aliphatic carbocycles. The Kier molecular flexibility index (Phi) is 6.93. The number of rotatable bonds is 7. The van der Waals surface area contributed by atoms with Crippen molar-refractivity contribution < 1.29 is 13.2 Å².